The van der Waals surface area contributed by atoms with Gasteiger partial charge in [-0.15, -0.1) is 0 Å². The van der Waals surface area contributed by atoms with Crippen LogP contribution in [0, 0.1) is 28.4 Å². The lowest BCUT2D eigenvalue weighted by molar-refractivity contribution is -0.123. The molecule has 1 saturated heterocycles. The number of nitrogens with one attached hydrogen (secondary N) is 2. The van der Waals surface area contributed by atoms with Crippen LogP contribution in [0.5, 0.6) is 0 Å². The molecule has 4 atom stereocenters. The van der Waals surface area contributed by atoms with E-state index < -0.39 is 46.9 Å². The average Bonchev–Trinajstić information content (AvgIpc) is 3.22. The number of carbonyl (C=O) groups is 2. The zero-order valence-electron chi connectivity index (χ0n) is 22.5. The zero-order chi connectivity index (χ0) is 30.1. The van der Waals surface area contributed by atoms with E-state index in [9.17, 15) is 14.9 Å². The Morgan fingerprint density at radius 3 is 2.45 bits per heavy atom. The highest BCUT2D eigenvalue weighted by atomic mass is 35.5. The molecule has 1 aromatic heterocycles. The van der Waals surface area contributed by atoms with Crippen molar-refractivity contribution in [3.05, 3.63) is 98.8 Å². The largest absolute Gasteiger partial charge is 0.478 e. The second kappa shape index (κ2) is 12.7. The predicted octanol–water partition coefficient (Wildman–Crippen LogP) is 6.64. The Morgan fingerprint density at radius 2 is 1.88 bits per heavy atom. The van der Waals surface area contributed by atoms with Crippen molar-refractivity contribution in [3.8, 4) is 6.07 Å². The minimum atomic E-state index is -1.74. The standard InChI is InChI=1S/C30H28Cl2F2N4O3.CH4/c1-29(2,3)12-23-30(15-35,20-10-8-17(31)11-22(20)33)24(19-5-4-6-21(32)25(19)34)26(38-23)27(39)37-14-18-9-7-16(13-36-18)28(40)41;/h4-11,13,23-24,26,38H,12,14H2,1-3H3,(H,37,39)(H,40,41);1H4/t23-,24-,26+,30-;/m0./s1. The van der Waals surface area contributed by atoms with E-state index in [2.05, 4.69) is 21.7 Å². The molecule has 1 aliphatic rings. The molecule has 3 N–H and O–H groups in total. The van der Waals surface area contributed by atoms with E-state index in [0.717, 1.165) is 6.07 Å². The van der Waals surface area contributed by atoms with Crippen LogP contribution >= 0.6 is 23.2 Å². The van der Waals surface area contributed by atoms with E-state index in [1.165, 1.54) is 48.7 Å². The lowest BCUT2D eigenvalue weighted by Crippen LogP contribution is -2.45. The van der Waals surface area contributed by atoms with Crippen molar-refractivity contribution in [2.75, 3.05) is 0 Å². The van der Waals surface area contributed by atoms with Crippen molar-refractivity contribution >= 4 is 35.1 Å². The van der Waals surface area contributed by atoms with Crippen molar-refractivity contribution in [3.63, 3.8) is 0 Å². The molecular formula is C31H32Cl2F2N4O3. The van der Waals surface area contributed by atoms with Gasteiger partial charge >= 0.3 is 5.97 Å². The van der Waals surface area contributed by atoms with Crippen LogP contribution in [0.4, 0.5) is 8.78 Å². The fraction of sp³-hybridized carbons (Fsp3) is 0.355. The van der Waals surface area contributed by atoms with Gasteiger partial charge in [-0.25, -0.2) is 13.6 Å². The van der Waals surface area contributed by atoms with E-state index in [-0.39, 0.29) is 46.1 Å². The third kappa shape index (κ3) is 6.41. The molecule has 2 aromatic carbocycles. The van der Waals surface area contributed by atoms with Crippen molar-refractivity contribution in [2.45, 2.75) is 64.6 Å². The molecule has 1 fully saturated rings. The van der Waals surface area contributed by atoms with Gasteiger partial charge in [0.1, 0.15) is 17.0 Å². The maximum absolute atomic E-state index is 15.7. The molecule has 0 unspecified atom stereocenters. The van der Waals surface area contributed by atoms with Gasteiger partial charge in [0, 0.05) is 28.7 Å². The SMILES string of the molecule is C.CC(C)(C)C[C@@H]1N[C@@H](C(=O)NCc2ccc(C(=O)O)cn2)[C@H](c2cccc(Cl)c2F)[C@@]1(C#N)c1ccc(Cl)cc1F. The first kappa shape index (κ1) is 32.9. The fourth-order valence-electron chi connectivity index (χ4n) is 5.50. The van der Waals surface area contributed by atoms with Gasteiger partial charge in [0.2, 0.25) is 5.91 Å². The molecule has 222 valence electrons. The summed E-state index contributed by atoms with van der Waals surface area (Å²) < 4.78 is 31.4. The highest BCUT2D eigenvalue weighted by molar-refractivity contribution is 6.31. The molecule has 1 aliphatic heterocycles. The molecule has 0 aliphatic carbocycles. The average molecular weight is 618 g/mol. The Hall–Kier alpha value is -3.58. The normalized spacial score (nSPS) is 21.7. The summed E-state index contributed by atoms with van der Waals surface area (Å²) in [4.78, 5) is 29.0. The maximum Gasteiger partial charge on any atom is 0.337 e. The number of pyridine rings is 1. The molecule has 7 nitrogen and oxygen atoms in total. The number of benzene rings is 2. The lowest BCUT2D eigenvalue weighted by Gasteiger charge is -2.37. The van der Waals surface area contributed by atoms with Crippen LogP contribution < -0.4 is 10.6 Å². The summed E-state index contributed by atoms with van der Waals surface area (Å²) in [6, 6.07) is 11.4. The summed E-state index contributed by atoms with van der Waals surface area (Å²) in [5.74, 6) is -4.48. The van der Waals surface area contributed by atoms with E-state index in [4.69, 9.17) is 28.3 Å². The van der Waals surface area contributed by atoms with Gasteiger partial charge < -0.3 is 15.7 Å². The summed E-state index contributed by atoms with van der Waals surface area (Å²) in [5.41, 5.74) is -1.77. The number of aromatic carboxylic acids is 1. The number of halogens is 4. The quantitative estimate of drug-likeness (QED) is 0.274. The van der Waals surface area contributed by atoms with Crippen LogP contribution in [0.1, 0.15) is 67.7 Å². The summed E-state index contributed by atoms with van der Waals surface area (Å²) in [6.07, 6.45) is 1.51. The Morgan fingerprint density at radius 1 is 1.17 bits per heavy atom. The Balaban J connectivity index is 0.00000484. The number of carboxylic acid groups (broad SMARTS) is 1. The summed E-state index contributed by atoms with van der Waals surface area (Å²) in [7, 11) is 0. The van der Waals surface area contributed by atoms with E-state index in [1.54, 1.807) is 0 Å². The number of amides is 1. The van der Waals surface area contributed by atoms with Gasteiger partial charge in [0.05, 0.1) is 34.9 Å². The van der Waals surface area contributed by atoms with Crippen molar-refractivity contribution in [1.82, 2.24) is 15.6 Å². The Labute approximate surface area is 253 Å². The van der Waals surface area contributed by atoms with Crippen molar-refractivity contribution < 1.29 is 23.5 Å². The van der Waals surface area contributed by atoms with Gasteiger partial charge in [-0.1, -0.05) is 69.6 Å². The first-order valence-corrected chi connectivity index (χ1v) is 13.6. The molecule has 0 bridgehead atoms. The highest BCUT2D eigenvalue weighted by Gasteiger charge is 2.61. The van der Waals surface area contributed by atoms with Crippen LogP contribution in [-0.2, 0) is 16.8 Å². The first-order valence-electron chi connectivity index (χ1n) is 12.8. The number of nitriles is 1. The molecule has 2 heterocycles. The molecule has 0 saturated carbocycles. The van der Waals surface area contributed by atoms with E-state index in [1.807, 2.05) is 20.8 Å². The van der Waals surface area contributed by atoms with Gasteiger partial charge in [0.15, 0.2) is 0 Å². The van der Waals surface area contributed by atoms with Crippen molar-refractivity contribution in [2.24, 2.45) is 5.41 Å². The molecule has 11 heteroatoms. The monoisotopic (exact) mass is 616 g/mol. The number of carbonyl (C=O) groups excluding carboxylic acids is 1. The number of nitrogens with zero attached hydrogens (tertiary/aromatic N) is 2. The van der Waals surface area contributed by atoms with Crippen LogP contribution in [-0.4, -0.2) is 34.1 Å². The minimum absolute atomic E-state index is 0. The van der Waals surface area contributed by atoms with Gasteiger partial charge in [0.25, 0.3) is 0 Å². The van der Waals surface area contributed by atoms with Crippen LogP contribution in [0.3, 0.4) is 0 Å². The molecule has 0 radical (unpaired) electrons. The molecule has 42 heavy (non-hydrogen) atoms. The van der Waals surface area contributed by atoms with Crippen LogP contribution in [0.15, 0.2) is 54.7 Å². The number of hydrogen-bond acceptors (Lipinski definition) is 5. The molecule has 4 rings (SSSR count). The van der Waals surface area contributed by atoms with Gasteiger partial charge in [-0.2, -0.15) is 5.26 Å². The third-order valence-electron chi connectivity index (χ3n) is 7.25. The van der Waals surface area contributed by atoms with Crippen LogP contribution in [0.25, 0.3) is 0 Å². The molecule has 3 aromatic rings. The number of carboxylic acids is 1. The zero-order valence-corrected chi connectivity index (χ0v) is 24.0. The summed E-state index contributed by atoms with van der Waals surface area (Å²) in [5, 5.41) is 25.9. The third-order valence-corrected chi connectivity index (χ3v) is 7.77. The maximum atomic E-state index is 15.7. The second-order valence-corrected chi connectivity index (χ2v) is 12.1. The van der Waals surface area contributed by atoms with Crippen molar-refractivity contribution in [1.29, 1.82) is 5.26 Å². The predicted molar refractivity (Wildman–Crippen MR) is 157 cm³/mol. The van der Waals surface area contributed by atoms with Gasteiger partial charge in [-0.3, -0.25) is 9.78 Å². The van der Waals surface area contributed by atoms with Gasteiger partial charge in [-0.05, 0) is 47.7 Å². The first-order chi connectivity index (χ1) is 19.3. The summed E-state index contributed by atoms with van der Waals surface area (Å²) in [6.45, 7) is 5.78. The fourth-order valence-corrected chi connectivity index (χ4v) is 5.84. The van der Waals surface area contributed by atoms with E-state index >= 15 is 8.78 Å². The Kier molecular flexibility index (Phi) is 9.99. The van der Waals surface area contributed by atoms with E-state index in [0.29, 0.717) is 12.1 Å². The highest BCUT2D eigenvalue weighted by Crippen LogP contribution is 2.52. The molecule has 1 amide bonds. The molecular weight excluding hydrogens is 585 g/mol. The van der Waals surface area contributed by atoms with Crippen LogP contribution in [0.2, 0.25) is 10.0 Å². The molecule has 0 spiro atoms. The Bertz CT molecular complexity index is 1520. The number of rotatable bonds is 7. The minimum Gasteiger partial charge on any atom is -0.478 e. The summed E-state index contributed by atoms with van der Waals surface area (Å²) >= 11 is 12.2. The number of aromatic nitrogens is 1. The smallest absolute Gasteiger partial charge is 0.337 e. The second-order valence-electron chi connectivity index (χ2n) is 11.2. The number of hydrogen-bond donors (Lipinski definition) is 3. The lowest BCUT2D eigenvalue weighted by atomic mass is 9.62. The topological polar surface area (TPSA) is 115 Å².